The molecule has 2 heterocycles. The lowest BCUT2D eigenvalue weighted by molar-refractivity contribution is 0.0572. The van der Waals surface area contributed by atoms with Gasteiger partial charge in [0.15, 0.2) is 0 Å². The molecule has 17 heavy (non-hydrogen) atoms. The van der Waals surface area contributed by atoms with E-state index in [9.17, 15) is 10.2 Å². The standard InChI is InChI=1S/C12H19N3O2/c1-2-4-13-12-6-9(3-5-14-12)15-7-10(16)11(17)8-15/h3,5-6,10-11,16-17H,2,4,7-8H2,1H3,(H,13,14). The molecular weight excluding hydrogens is 218 g/mol. The van der Waals surface area contributed by atoms with Gasteiger partial charge in [-0.3, -0.25) is 0 Å². The molecule has 2 rings (SSSR count). The Kier molecular flexibility index (Phi) is 3.81. The third-order valence-electron chi connectivity index (χ3n) is 2.92. The van der Waals surface area contributed by atoms with Gasteiger partial charge in [0, 0.05) is 37.6 Å². The second kappa shape index (κ2) is 5.33. The van der Waals surface area contributed by atoms with Crippen molar-refractivity contribution in [3.05, 3.63) is 18.3 Å². The van der Waals surface area contributed by atoms with E-state index >= 15 is 0 Å². The number of aliphatic hydroxyl groups excluding tert-OH is 2. The number of aliphatic hydroxyl groups is 2. The van der Waals surface area contributed by atoms with E-state index < -0.39 is 12.2 Å². The number of anilines is 2. The normalized spacial score (nSPS) is 24.1. The molecule has 1 aliphatic heterocycles. The van der Waals surface area contributed by atoms with Crippen LogP contribution in [0.1, 0.15) is 13.3 Å². The molecule has 0 aliphatic carbocycles. The van der Waals surface area contributed by atoms with Crippen molar-refractivity contribution in [3.8, 4) is 0 Å². The summed E-state index contributed by atoms with van der Waals surface area (Å²) in [6.07, 6.45) is 1.47. The summed E-state index contributed by atoms with van der Waals surface area (Å²) in [5.41, 5.74) is 0.981. The summed E-state index contributed by atoms with van der Waals surface area (Å²) >= 11 is 0. The number of rotatable bonds is 4. The molecule has 2 unspecified atom stereocenters. The molecule has 3 N–H and O–H groups in total. The molecule has 5 heteroatoms. The lowest BCUT2D eigenvalue weighted by Crippen LogP contribution is -2.22. The van der Waals surface area contributed by atoms with Crippen molar-refractivity contribution in [2.75, 3.05) is 29.9 Å². The first-order chi connectivity index (χ1) is 8.20. The van der Waals surface area contributed by atoms with E-state index in [-0.39, 0.29) is 0 Å². The highest BCUT2D eigenvalue weighted by Gasteiger charge is 2.29. The summed E-state index contributed by atoms with van der Waals surface area (Å²) in [5, 5.41) is 22.3. The predicted molar refractivity (Wildman–Crippen MR) is 67.2 cm³/mol. The first-order valence-electron chi connectivity index (χ1n) is 6.01. The molecule has 1 saturated heterocycles. The zero-order valence-electron chi connectivity index (χ0n) is 10.0. The van der Waals surface area contributed by atoms with E-state index in [1.807, 2.05) is 17.0 Å². The fraction of sp³-hybridized carbons (Fsp3) is 0.583. The number of pyridine rings is 1. The molecule has 0 amide bonds. The minimum atomic E-state index is -0.657. The van der Waals surface area contributed by atoms with Crippen LogP contribution in [0.25, 0.3) is 0 Å². The Morgan fingerprint density at radius 2 is 2.12 bits per heavy atom. The Balaban J connectivity index is 2.06. The number of hydrogen-bond acceptors (Lipinski definition) is 5. The largest absolute Gasteiger partial charge is 0.389 e. The maximum atomic E-state index is 9.52. The Labute approximate surface area is 101 Å². The summed E-state index contributed by atoms with van der Waals surface area (Å²) in [5.74, 6) is 0.834. The molecule has 5 nitrogen and oxygen atoms in total. The van der Waals surface area contributed by atoms with Crippen molar-refractivity contribution in [1.82, 2.24) is 4.98 Å². The van der Waals surface area contributed by atoms with Gasteiger partial charge in [-0.05, 0) is 12.5 Å². The second-order valence-electron chi connectivity index (χ2n) is 4.37. The summed E-state index contributed by atoms with van der Waals surface area (Å²) in [7, 11) is 0. The van der Waals surface area contributed by atoms with Crippen molar-refractivity contribution in [1.29, 1.82) is 0 Å². The van der Waals surface area contributed by atoms with E-state index in [2.05, 4.69) is 17.2 Å². The van der Waals surface area contributed by atoms with Gasteiger partial charge < -0.3 is 20.4 Å². The second-order valence-corrected chi connectivity index (χ2v) is 4.37. The summed E-state index contributed by atoms with van der Waals surface area (Å²) in [4.78, 5) is 6.19. The third-order valence-corrected chi connectivity index (χ3v) is 2.92. The average molecular weight is 237 g/mol. The van der Waals surface area contributed by atoms with Gasteiger partial charge in [0.1, 0.15) is 5.82 Å². The van der Waals surface area contributed by atoms with Gasteiger partial charge in [-0.1, -0.05) is 6.92 Å². The minimum Gasteiger partial charge on any atom is -0.389 e. The predicted octanol–water partition coefficient (Wildman–Crippen LogP) is 0.445. The lowest BCUT2D eigenvalue weighted by atomic mass is 10.3. The zero-order valence-corrected chi connectivity index (χ0v) is 10.0. The molecular formula is C12H19N3O2. The fourth-order valence-electron chi connectivity index (χ4n) is 1.95. The van der Waals surface area contributed by atoms with Gasteiger partial charge in [0.25, 0.3) is 0 Å². The smallest absolute Gasteiger partial charge is 0.127 e. The van der Waals surface area contributed by atoms with Crippen LogP contribution < -0.4 is 10.2 Å². The van der Waals surface area contributed by atoms with E-state index in [4.69, 9.17) is 0 Å². The van der Waals surface area contributed by atoms with E-state index in [0.717, 1.165) is 24.5 Å². The van der Waals surface area contributed by atoms with Crippen molar-refractivity contribution >= 4 is 11.5 Å². The van der Waals surface area contributed by atoms with Crippen LogP contribution in [0.3, 0.4) is 0 Å². The van der Waals surface area contributed by atoms with Gasteiger partial charge >= 0.3 is 0 Å². The van der Waals surface area contributed by atoms with E-state index in [1.54, 1.807) is 6.20 Å². The Morgan fingerprint density at radius 1 is 1.41 bits per heavy atom. The summed E-state index contributed by atoms with van der Waals surface area (Å²) in [6.45, 7) is 3.93. The SMILES string of the molecule is CCCNc1cc(N2CC(O)C(O)C2)ccn1. The molecule has 0 aromatic carbocycles. The van der Waals surface area contributed by atoms with Gasteiger partial charge in [-0.15, -0.1) is 0 Å². The zero-order chi connectivity index (χ0) is 12.3. The number of aromatic nitrogens is 1. The Hall–Kier alpha value is -1.33. The maximum absolute atomic E-state index is 9.52. The van der Waals surface area contributed by atoms with E-state index in [1.165, 1.54) is 0 Å². The molecule has 1 fully saturated rings. The molecule has 1 aliphatic rings. The highest BCUT2D eigenvalue weighted by Crippen LogP contribution is 2.22. The Bertz CT molecular complexity index is 363. The number of nitrogens with one attached hydrogen (secondary N) is 1. The molecule has 1 aromatic heterocycles. The monoisotopic (exact) mass is 237 g/mol. The number of hydrogen-bond donors (Lipinski definition) is 3. The molecule has 1 aromatic rings. The van der Waals surface area contributed by atoms with Crippen LogP contribution >= 0.6 is 0 Å². The molecule has 2 atom stereocenters. The fourth-order valence-corrected chi connectivity index (χ4v) is 1.95. The van der Waals surface area contributed by atoms with Gasteiger partial charge in [0.05, 0.1) is 12.2 Å². The molecule has 0 spiro atoms. The van der Waals surface area contributed by atoms with Crippen LogP contribution in [0.2, 0.25) is 0 Å². The van der Waals surface area contributed by atoms with Gasteiger partial charge in [0.2, 0.25) is 0 Å². The average Bonchev–Trinajstić information content (AvgIpc) is 2.68. The highest BCUT2D eigenvalue weighted by molar-refractivity contribution is 5.54. The quantitative estimate of drug-likeness (QED) is 0.709. The van der Waals surface area contributed by atoms with Crippen LogP contribution in [0.15, 0.2) is 18.3 Å². The van der Waals surface area contributed by atoms with Crippen molar-refractivity contribution < 1.29 is 10.2 Å². The highest BCUT2D eigenvalue weighted by atomic mass is 16.3. The molecule has 94 valence electrons. The lowest BCUT2D eigenvalue weighted by Gasteiger charge is -2.18. The van der Waals surface area contributed by atoms with E-state index in [0.29, 0.717) is 13.1 Å². The van der Waals surface area contributed by atoms with Crippen LogP contribution in [-0.4, -0.2) is 47.0 Å². The minimum absolute atomic E-state index is 0.471. The molecule has 0 saturated carbocycles. The molecule has 0 bridgehead atoms. The topological polar surface area (TPSA) is 68.6 Å². The molecule has 0 radical (unpaired) electrons. The van der Waals surface area contributed by atoms with Crippen molar-refractivity contribution in [2.45, 2.75) is 25.6 Å². The van der Waals surface area contributed by atoms with Crippen LogP contribution in [0.5, 0.6) is 0 Å². The van der Waals surface area contributed by atoms with Gasteiger partial charge in [-0.2, -0.15) is 0 Å². The number of β-amino-alcohol motifs (C(OH)–C–C–N with tert-alkyl or cyclic N) is 2. The summed E-state index contributed by atoms with van der Waals surface area (Å²) < 4.78 is 0. The first kappa shape index (κ1) is 12.1. The van der Waals surface area contributed by atoms with Crippen LogP contribution in [0, 0.1) is 0 Å². The maximum Gasteiger partial charge on any atom is 0.127 e. The van der Waals surface area contributed by atoms with Crippen molar-refractivity contribution in [2.24, 2.45) is 0 Å². The van der Waals surface area contributed by atoms with Gasteiger partial charge in [-0.25, -0.2) is 4.98 Å². The third kappa shape index (κ3) is 2.87. The first-order valence-corrected chi connectivity index (χ1v) is 6.01. The van der Waals surface area contributed by atoms with Crippen molar-refractivity contribution in [3.63, 3.8) is 0 Å². The van der Waals surface area contributed by atoms with Crippen LogP contribution in [0.4, 0.5) is 11.5 Å². The number of nitrogens with zero attached hydrogens (tertiary/aromatic N) is 2. The Morgan fingerprint density at radius 3 is 2.76 bits per heavy atom. The summed E-state index contributed by atoms with van der Waals surface area (Å²) in [6, 6.07) is 3.84. The van der Waals surface area contributed by atoms with Crippen LogP contribution in [-0.2, 0) is 0 Å².